The SMILES string of the molecule is C=CC(=[O+])OCC[N+](C)(C)OC(=O)C(C)C. The van der Waals surface area contributed by atoms with Crippen LogP contribution in [0.25, 0.3) is 0 Å². The van der Waals surface area contributed by atoms with Crippen LogP contribution in [0.2, 0.25) is 0 Å². The zero-order valence-corrected chi connectivity index (χ0v) is 10.4. The predicted molar refractivity (Wildman–Crippen MR) is 59.1 cm³/mol. The summed E-state index contributed by atoms with van der Waals surface area (Å²) in [5.74, 6) is -0.927. The quantitative estimate of drug-likeness (QED) is 0.224. The number of likely N-dealkylation sites (N-methyl/N-ethyl adjacent to an activating group) is 1. The van der Waals surface area contributed by atoms with Gasteiger partial charge < -0.3 is 4.74 Å². The van der Waals surface area contributed by atoms with Crippen LogP contribution in [0.15, 0.2) is 12.7 Å². The van der Waals surface area contributed by atoms with E-state index in [2.05, 4.69) is 6.58 Å². The van der Waals surface area contributed by atoms with Gasteiger partial charge in [-0.1, -0.05) is 20.4 Å². The van der Waals surface area contributed by atoms with Crippen molar-refractivity contribution in [1.29, 1.82) is 0 Å². The second-order valence-corrected chi connectivity index (χ2v) is 4.23. The average Bonchev–Trinajstić information content (AvgIpc) is 2.16. The number of hydrogen-bond donors (Lipinski definition) is 0. The third-order valence-corrected chi connectivity index (χ3v) is 1.85. The Balaban J connectivity index is 4.00. The van der Waals surface area contributed by atoms with Crippen molar-refractivity contribution in [2.45, 2.75) is 13.8 Å². The fourth-order valence-electron chi connectivity index (χ4n) is 0.820. The number of hydrogen-bond acceptors (Lipinski definition) is 4. The molecule has 0 aliphatic rings. The molecule has 1 radical (unpaired) electrons. The van der Waals surface area contributed by atoms with E-state index in [1.165, 1.54) is 0 Å². The van der Waals surface area contributed by atoms with E-state index in [0.29, 0.717) is 6.54 Å². The molecule has 91 valence electrons. The van der Waals surface area contributed by atoms with E-state index in [0.717, 1.165) is 6.08 Å². The zero-order chi connectivity index (χ0) is 12.8. The lowest BCUT2D eigenvalue weighted by molar-refractivity contribution is -1.06. The van der Waals surface area contributed by atoms with Gasteiger partial charge in [0, 0.05) is 0 Å². The van der Waals surface area contributed by atoms with Crippen LogP contribution in [0.1, 0.15) is 13.8 Å². The molecule has 0 aliphatic carbocycles. The van der Waals surface area contributed by atoms with Crippen LogP contribution in [0.4, 0.5) is 0 Å². The minimum atomic E-state index is -0.477. The van der Waals surface area contributed by atoms with E-state index in [9.17, 15) is 9.59 Å². The van der Waals surface area contributed by atoms with Crippen LogP contribution in [-0.4, -0.2) is 43.8 Å². The molecule has 0 N–H and O–H groups in total. The van der Waals surface area contributed by atoms with Gasteiger partial charge in [0.2, 0.25) is 6.61 Å². The summed E-state index contributed by atoms with van der Waals surface area (Å²) in [4.78, 5) is 27.3. The van der Waals surface area contributed by atoms with Crippen molar-refractivity contribution >= 4 is 11.9 Å². The molecule has 0 amide bonds. The zero-order valence-electron chi connectivity index (χ0n) is 10.4. The molecule has 5 heteroatoms. The van der Waals surface area contributed by atoms with Crippen LogP contribution in [0, 0.1) is 5.92 Å². The van der Waals surface area contributed by atoms with Crippen molar-refractivity contribution in [3.8, 4) is 0 Å². The highest BCUT2D eigenvalue weighted by Crippen LogP contribution is 2.05. The standard InChI is InChI=1S/C11H20NO4/c1-6-10(13)15-8-7-12(4,5)16-11(14)9(2)3/h6,9H,1,7-8H2,2-5H3/q+2. The lowest BCUT2D eigenvalue weighted by Gasteiger charge is -2.25. The Morgan fingerprint density at radius 2 is 2.06 bits per heavy atom. The number of quaternary nitrogens is 1. The van der Waals surface area contributed by atoms with E-state index < -0.39 is 5.97 Å². The number of nitrogens with zero attached hydrogens (tertiary/aromatic N) is 1. The third kappa shape index (κ3) is 6.19. The Morgan fingerprint density at radius 3 is 2.50 bits per heavy atom. The van der Waals surface area contributed by atoms with Crippen molar-refractivity contribution in [1.82, 2.24) is 0 Å². The van der Waals surface area contributed by atoms with Crippen molar-refractivity contribution in [2.75, 3.05) is 27.2 Å². The molecule has 0 saturated heterocycles. The molecular weight excluding hydrogens is 210 g/mol. The fourth-order valence-corrected chi connectivity index (χ4v) is 0.820. The molecule has 0 aromatic rings. The van der Waals surface area contributed by atoms with E-state index in [1.807, 2.05) is 0 Å². The molecule has 0 spiro atoms. The summed E-state index contributed by atoms with van der Waals surface area (Å²) in [5.41, 5.74) is 0. The highest BCUT2D eigenvalue weighted by molar-refractivity contribution is 5.81. The van der Waals surface area contributed by atoms with Crippen LogP contribution in [0.5, 0.6) is 0 Å². The van der Waals surface area contributed by atoms with Crippen LogP contribution < -0.4 is 0 Å². The second kappa shape index (κ2) is 6.27. The molecule has 0 aromatic heterocycles. The monoisotopic (exact) mass is 230 g/mol. The normalized spacial score (nSPS) is 11.1. The molecule has 0 bridgehead atoms. The molecule has 0 fully saturated rings. The van der Waals surface area contributed by atoms with Gasteiger partial charge in [-0.15, -0.1) is 4.65 Å². The van der Waals surface area contributed by atoms with Gasteiger partial charge in [0.25, 0.3) is 0 Å². The van der Waals surface area contributed by atoms with E-state index in [4.69, 9.17) is 9.57 Å². The molecule has 0 aromatic carbocycles. The summed E-state index contributed by atoms with van der Waals surface area (Å²) in [6.45, 7) is 7.39. The summed E-state index contributed by atoms with van der Waals surface area (Å²) < 4.78 is 4.83. The Morgan fingerprint density at radius 1 is 1.50 bits per heavy atom. The first-order chi connectivity index (χ1) is 7.28. The minimum Gasteiger partial charge on any atom is -0.307 e. The minimum absolute atomic E-state index is 0.0292. The van der Waals surface area contributed by atoms with Crippen LogP contribution >= 0.6 is 0 Å². The number of esters is 1. The average molecular weight is 230 g/mol. The topological polar surface area (TPSA) is 55.4 Å². The molecule has 0 aliphatic heterocycles. The van der Waals surface area contributed by atoms with Gasteiger partial charge >= 0.3 is 11.9 Å². The van der Waals surface area contributed by atoms with Crippen LogP contribution in [0.3, 0.4) is 0 Å². The van der Waals surface area contributed by atoms with Gasteiger partial charge in [-0.25, -0.2) is 4.79 Å². The summed E-state index contributed by atoms with van der Waals surface area (Å²) >= 11 is 0. The molecule has 0 heterocycles. The predicted octanol–water partition coefficient (Wildman–Crippen LogP) is 0.906. The maximum absolute atomic E-state index is 11.3. The summed E-state index contributed by atoms with van der Waals surface area (Å²) in [6.07, 6.45) is 1.10. The molecule has 0 saturated carbocycles. The number of carbonyl (C=O) groups is 2. The van der Waals surface area contributed by atoms with Crippen molar-refractivity contribution < 1.29 is 23.8 Å². The van der Waals surface area contributed by atoms with Gasteiger partial charge in [0.15, 0.2) is 6.54 Å². The highest BCUT2D eigenvalue weighted by atomic mass is 16.7. The molecule has 0 atom stereocenters. The maximum Gasteiger partial charge on any atom is 0.599 e. The van der Waals surface area contributed by atoms with Crippen molar-refractivity contribution in [3.63, 3.8) is 0 Å². The molecule has 16 heavy (non-hydrogen) atoms. The first-order valence-electron chi connectivity index (χ1n) is 5.14. The Labute approximate surface area is 96.2 Å². The van der Waals surface area contributed by atoms with Gasteiger partial charge in [-0.3, -0.25) is 4.84 Å². The second-order valence-electron chi connectivity index (χ2n) is 4.23. The van der Waals surface area contributed by atoms with Gasteiger partial charge in [0.05, 0.1) is 16.8 Å². The number of hydroxylamine groups is 3. The Hall–Kier alpha value is -1.36. The van der Waals surface area contributed by atoms with Gasteiger partial charge in [0.1, 0.15) is 14.1 Å². The Bertz CT molecular complexity index is 271. The first-order valence-corrected chi connectivity index (χ1v) is 5.14. The molecule has 0 rings (SSSR count). The number of ether oxygens (including phenoxy) is 1. The fraction of sp³-hybridized carbons (Fsp3) is 0.636. The lowest BCUT2D eigenvalue weighted by atomic mass is 10.2. The highest BCUT2D eigenvalue weighted by Gasteiger charge is 2.26. The van der Waals surface area contributed by atoms with Crippen LogP contribution in [-0.2, 0) is 19.2 Å². The van der Waals surface area contributed by atoms with Gasteiger partial charge in [-0.2, -0.15) is 0 Å². The van der Waals surface area contributed by atoms with Crippen molar-refractivity contribution in [2.24, 2.45) is 5.92 Å². The van der Waals surface area contributed by atoms with E-state index in [1.54, 1.807) is 27.9 Å². The Kier molecular flexibility index (Phi) is 5.74. The number of carbonyl (C=O) groups excluding carboxylic acids is 2. The largest absolute Gasteiger partial charge is 0.599 e. The van der Waals surface area contributed by atoms with E-state index >= 15 is 0 Å². The molecule has 0 unspecified atom stereocenters. The van der Waals surface area contributed by atoms with Crippen molar-refractivity contribution in [3.05, 3.63) is 12.7 Å². The van der Waals surface area contributed by atoms with E-state index in [-0.39, 0.29) is 23.1 Å². The molecule has 5 nitrogen and oxygen atoms in total. The first kappa shape index (κ1) is 14.6. The van der Waals surface area contributed by atoms with Gasteiger partial charge in [-0.05, 0) is 0 Å². The number of rotatable bonds is 6. The summed E-state index contributed by atoms with van der Waals surface area (Å²) in [7, 11) is 3.45. The maximum atomic E-state index is 11.3. The lowest BCUT2D eigenvalue weighted by Crippen LogP contribution is -2.45. The molecular formula is C11H20NO4+2. The smallest absolute Gasteiger partial charge is 0.307 e. The summed E-state index contributed by atoms with van der Waals surface area (Å²) in [5, 5.41) is 0. The third-order valence-electron chi connectivity index (χ3n) is 1.85. The summed E-state index contributed by atoms with van der Waals surface area (Å²) in [6, 6.07) is 0.